The number of anilines is 2. The number of aromatic nitrogens is 2. The van der Waals surface area contributed by atoms with E-state index >= 15 is 0 Å². The number of H-pyrrole nitrogens is 1. The van der Waals surface area contributed by atoms with Gasteiger partial charge in [-0.05, 0) is 12.1 Å². The summed E-state index contributed by atoms with van der Waals surface area (Å²) in [4.78, 5) is 19.2. The summed E-state index contributed by atoms with van der Waals surface area (Å²) in [6, 6.07) is 10.3. The molecular formula is C16H14ClN3O3. The molecule has 2 aromatic carbocycles. The van der Waals surface area contributed by atoms with Gasteiger partial charge in [0, 0.05) is 23.9 Å². The largest absolute Gasteiger partial charge is 0.497 e. The Morgan fingerprint density at radius 3 is 2.48 bits per heavy atom. The molecule has 6 nitrogen and oxygen atoms in total. The highest BCUT2D eigenvalue weighted by atomic mass is 35.5. The molecule has 1 aromatic heterocycles. The van der Waals surface area contributed by atoms with Crippen LogP contribution in [-0.4, -0.2) is 24.2 Å². The van der Waals surface area contributed by atoms with Crippen molar-refractivity contribution in [2.24, 2.45) is 0 Å². The highest BCUT2D eigenvalue weighted by Gasteiger charge is 2.08. The fraction of sp³-hybridized carbons (Fsp3) is 0.125. The van der Waals surface area contributed by atoms with Crippen molar-refractivity contribution >= 4 is 34.1 Å². The number of ether oxygens (including phenoxy) is 2. The first-order valence-electron chi connectivity index (χ1n) is 6.79. The van der Waals surface area contributed by atoms with Gasteiger partial charge in [0.2, 0.25) is 5.95 Å². The molecule has 0 amide bonds. The van der Waals surface area contributed by atoms with Crippen molar-refractivity contribution in [3.05, 3.63) is 51.8 Å². The van der Waals surface area contributed by atoms with Crippen LogP contribution in [0.1, 0.15) is 0 Å². The maximum absolute atomic E-state index is 12.1. The van der Waals surface area contributed by atoms with Crippen LogP contribution < -0.4 is 20.3 Å². The lowest BCUT2D eigenvalue weighted by molar-refractivity contribution is 0.395. The van der Waals surface area contributed by atoms with E-state index in [0.717, 1.165) is 0 Å². The lowest BCUT2D eigenvalue weighted by atomic mass is 10.2. The highest BCUT2D eigenvalue weighted by molar-refractivity contribution is 6.35. The molecule has 0 spiro atoms. The molecule has 23 heavy (non-hydrogen) atoms. The van der Waals surface area contributed by atoms with Crippen LogP contribution in [0.4, 0.5) is 11.6 Å². The van der Waals surface area contributed by atoms with Gasteiger partial charge in [0.25, 0.3) is 5.56 Å². The molecule has 0 fully saturated rings. The zero-order valence-corrected chi connectivity index (χ0v) is 13.3. The molecule has 1 heterocycles. The van der Waals surface area contributed by atoms with Crippen LogP contribution in [0.3, 0.4) is 0 Å². The number of aromatic amines is 1. The van der Waals surface area contributed by atoms with Crippen LogP contribution in [0.15, 0.2) is 41.2 Å². The van der Waals surface area contributed by atoms with Crippen molar-refractivity contribution in [1.29, 1.82) is 0 Å². The third kappa shape index (κ3) is 3.07. The molecule has 0 aliphatic carbocycles. The highest BCUT2D eigenvalue weighted by Crippen LogP contribution is 2.27. The maximum atomic E-state index is 12.1. The second kappa shape index (κ2) is 6.18. The number of halogens is 1. The van der Waals surface area contributed by atoms with Gasteiger partial charge in [0.15, 0.2) is 0 Å². The predicted molar refractivity (Wildman–Crippen MR) is 90.2 cm³/mol. The van der Waals surface area contributed by atoms with Gasteiger partial charge in [-0.1, -0.05) is 17.7 Å². The van der Waals surface area contributed by atoms with Crippen molar-refractivity contribution in [3.8, 4) is 11.5 Å². The number of methoxy groups -OCH3 is 2. The molecule has 0 saturated carbocycles. The van der Waals surface area contributed by atoms with E-state index in [1.807, 2.05) is 0 Å². The molecule has 3 rings (SSSR count). The first-order valence-corrected chi connectivity index (χ1v) is 7.17. The summed E-state index contributed by atoms with van der Waals surface area (Å²) in [5.41, 5.74) is 0.834. The Balaban J connectivity index is 2.05. The van der Waals surface area contributed by atoms with Crippen molar-refractivity contribution in [3.63, 3.8) is 0 Å². The number of nitrogens with one attached hydrogen (secondary N) is 2. The number of hydrogen-bond donors (Lipinski definition) is 2. The van der Waals surface area contributed by atoms with E-state index in [0.29, 0.717) is 33.1 Å². The van der Waals surface area contributed by atoms with Crippen LogP contribution >= 0.6 is 11.6 Å². The monoisotopic (exact) mass is 331 g/mol. The topological polar surface area (TPSA) is 76.2 Å². The van der Waals surface area contributed by atoms with Gasteiger partial charge >= 0.3 is 0 Å². The maximum Gasteiger partial charge on any atom is 0.260 e. The third-order valence-electron chi connectivity index (χ3n) is 3.30. The molecular weight excluding hydrogens is 318 g/mol. The fourth-order valence-corrected chi connectivity index (χ4v) is 2.42. The van der Waals surface area contributed by atoms with Gasteiger partial charge in [0.05, 0.1) is 30.1 Å². The summed E-state index contributed by atoms with van der Waals surface area (Å²) in [5, 5.41) is 3.88. The molecule has 0 bridgehead atoms. The van der Waals surface area contributed by atoms with Crippen molar-refractivity contribution in [2.75, 3.05) is 19.5 Å². The molecule has 0 radical (unpaired) electrons. The lowest BCUT2D eigenvalue weighted by Crippen LogP contribution is -2.11. The quantitative estimate of drug-likeness (QED) is 0.766. The normalized spacial score (nSPS) is 10.6. The summed E-state index contributed by atoms with van der Waals surface area (Å²) in [6.07, 6.45) is 0. The van der Waals surface area contributed by atoms with E-state index in [1.54, 1.807) is 50.6 Å². The van der Waals surface area contributed by atoms with Crippen LogP contribution in [0.5, 0.6) is 11.5 Å². The molecule has 7 heteroatoms. The molecule has 0 saturated heterocycles. The Morgan fingerprint density at radius 1 is 1.13 bits per heavy atom. The minimum atomic E-state index is -0.269. The van der Waals surface area contributed by atoms with Crippen LogP contribution in [0, 0.1) is 0 Å². The van der Waals surface area contributed by atoms with Crippen molar-refractivity contribution < 1.29 is 9.47 Å². The Bertz CT molecular complexity index is 902. The standard InChI is InChI=1S/C16H14ClN3O3/c1-22-10-6-9(7-11(8-10)23-2)18-16-19-14-12(15(21)20-16)4-3-5-13(14)17/h3-8H,1-2H3,(H2,18,19,20,21). The van der Waals surface area contributed by atoms with Crippen molar-refractivity contribution in [1.82, 2.24) is 9.97 Å². The van der Waals surface area contributed by atoms with Crippen LogP contribution in [0.2, 0.25) is 5.02 Å². The van der Waals surface area contributed by atoms with E-state index in [2.05, 4.69) is 15.3 Å². The molecule has 0 aliphatic heterocycles. The van der Waals surface area contributed by atoms with Gasteiger partial charge in [-0.25, -0.2) is 4.98 Å². The molecule has 0 atom stereocenters. The molecule has 118 valence electrons. The number of nitrogens with zero attached hydrogens (tertiary/aromatic N) is 1. The second-order valence-electron chi connectivity index (χ2n) is 4.78. The van der Waals surface area contributed by atoms with Crippen LogP contribution in [-0.2, 0) is 0 Å². The lowest BCUT2D eigenvalue weighted by Gasteiger charge is -2.10. The van der Waals surface area contributed by atoms with Gasteiger partial charge < -0.3 is 14.8 Å². The first kappa shape index (κ1) is 15.2. The van der Waals surface area contributed by atoms with Gasteiger partial charge in [-0.2, -0.15) is 0 Å². The van der Waals surface area contributed by atoms with E-state index in [-0.39, 0.29) is 11.5 Å². The molecule has 2 N–H and O–H groups in total. The minimum Gasteiger partial charge on any atom is -0.497 e. The number of hydrogen-bond acceptors (Lipinski definition) is 5. The number of para-hydroxylation sites is 1. The Labute approximate surface area is 137 Å². The summed E-state index contributed by atoms with van der Waals surface area (Å²) < 4.78 is 10.4. The first-order chi connectivity index (χ1) is 11.1. The third-order valence-corrected chi connectivity index (χ3v) is 3.61. The summed E-state index contributed by atoms with van der Waals surface area (Å²) in [5.74, 6) is 1.52. The number of benzene rings is 2. The zero-order chi connectivity index (χ0) is 16.4. The van der Waals surface area contributed by atoms with E-state index < -0.39 is 0 Å². The number of rotatable bonds is 4. The van der Waals surface area contributed by atoms with Crippen molar-refractivity contribution in [2.45, 2.75) is 0 Å². The Kier molecular flexibility index (Phi) is 4.08. The van der Waals surface area contributed by atoms with E-state index in [1.165, 1.54) is 0 Å². The average Bonchev–Trinajstić information content (AvgIpc) is 2.55. The zero-order valence-electron chi connectivity index (χ0n) is 12.5. The minimum absolute atomic E-state index is 0.269. The SMILES string of the molecule is COc1cc(Nc2nc3c(Cl)cccc3c(=O)[nH]2)cc(OC)c1. The van der Waals surface area contributed by atoms with Gasteiger partial charge in [-0.3, -0.25) is 9.78 Å². The Hall–Kier alpha value is -2.73. The van der Waals surface area contributed by atoms with E-state index in [4.69, 9.17) is 21.1 Å². The number of fused-ring (bicyclic) bond motifs is 1. The summed E-state index contributed by atoms with van der Waals surface area (Å²) in [7, 11) is 3.13. The smallest absolute Gasteiger partial charge is 0.260 e. The van der Waals surface area contributed by atoms with Gasteiger partial charge in [0.1, 0.15) is 11.5 Å². The van der Waals surface area contributed by atoms with E-state index in [9.17, 15) is 4.79 Å². The molecule has 0 unspecified atom stereocenters. The Morgan fingerprint density at radius 2 is 1.83 bits per heavy atom. The summed E-state index contributed by atoms with van der Waals surface area (Å²) >= 11 is 6.12. The average molecular weight is 332 g/mol. The summed E-state index contributed by atoms with van der Waals surface area (Å²) in [6.45, 7) is 0. The molecule has 0 aliphatic rings. The second-order valence-corrected chi connectivity index (χ2v) is 5.18. The van der Waals surface area contributed by atoms with Gasteiger partial charge in [-0.15, -0.1) is 0 Å². The van der Waals surface area contributed by atoms with Crippen LogP contribution in [0.25, 0.3) is 10.9 Å². The molecule has 3 aromatic rings. The predicted octanol–water partition coefficient (Wildman–Crippen LogP) is 3.34. The fourth-order valence-electron chi connectivity index (χ4n) is 2.20.